The minimum absolute atomic E-state index is 0.501. The van der Waals surface area contributed by atoms with E-state index in [9.17, 15) is 8.42 Å². The molecule has 4 nitrogen and oxygen atoms in total. The molecule has 2 heterocycles. The van der Waals surface area contributed by atoms with Crippen molar-refractivity contribution in [1.29, 1.82) is 0 Å². The Balaban J connectivity index is 2.39. The van der Waals surface area contributed by atoms with E-state index in [0.29, 0.717) is 24.5 Å². The number of rotatable bonds is 4. The molecule has 1 N–H and O–H groups in total. The van der Waals surface area contributed by atoms with E-state index < -0.39 is 10.0 Å². The molecule has 0 aliphatic carbocycles. The predicted octanol–water partition coefficient (Wildman–Crippen LogP) is 2.12. The van der Waals surface area contributed by atoms with Crippen molar-refractivity contribution in [3.8, 4) is 0 Å². The van der Waals surface area contributed by atoms with Crippen molar-refractivity contribution in [2.24, 2.45) is 0 Å². The van der Waals surface area contributed by atoms with Gasteiger partial charge >= 0.3 is 0 Å². The summed E-state index contributed by atoms with van der Waals surface area (Å²) in [6.45, 7) is 5.53. The second kappa shape index (κ2) is 5.75. The Labute approximate surface area is 119 Å². The molecule has 0 saturated carbocycles. The molecular weight excluding hydrogens is 280 g/mol. The SMILES string of the molecule is CNCc1scc(C)c1S(=O)(=O)N1CCC=C(C)C1. The Morgan fingerprint density at radius 2 is 2.16 bits per heavy atom. The van der Waals surface area contributed by atoms with Crippen LogP contribution in [0.25, 0.3) is 0 Å². The fourth-order valence-electron chi connectivity index (χ4n) is 2.33. The highest BCUT2D eigenvalue weighted by Crippen LogP contribution is 2.30. The van der Waals surface area contributed by atoms with E-state index in [-0.39, 0.29) is 0 Å². The molecule has 0 fully saturated rings. The van der Waals surface area contributed by atoms with E-state index in [1.807, 2.05) is 26.3 Å². The van der Waals surface area contributed by atoms with E-state index in [1.54, 1.807) is 4.31 Å². The molecule has 1 aliphatic heterocycles. The molecule has 0 unspecified atom stereocenters. The highest BCUT2D eigenvalue weighted by molar-refractivity contribution is 7.89. The van der Waals surface area contributed by atoms with Gasteiger partial charge < -0.3 is 5.32 Å². The maximum Gasteiger partial charge on any atom is 0.244 e. The molecule has 106 valence electrons. The van der Waals surface area contributed by atoms with Crippen LogP contribution in [0.15, 0.2) is 21.9 Å². The van der Waals surface area contributed by atoms with Gasteiger partial charge in [0.25, 0.3) is 0 Å². The van der Waals surface area contributed by atoms with Crippen LogP contribution >= 0.6 is 11.3 Å². The van der Waals surface area contributed by atoms with Crippen LogP contribution in [-0.4, -0.2) is 32.9 Å². The molecular formula is C13H20N2O2S2. The van der Waals surface area contributed by atoms with Crippen LogP contribution in [-0.2, 0) is 16.6 Å². The van der Waals surface area contributed by atoms with Crippen LogP contribution < -0.4 is 5.32 Å². The summed E-state index contributed by atoms with van der Waals surface area (Å²) < 4.78 is 27.2. The maximum atomic E-state index is 12.8. The summed E-state index contributed by atoms with van der Waals surface area (Å²) in [6.07, 6.45) is 2.91. The van der Waals surface area contributed by atoms with Crippen LogP contribution in [0.5, 0.6) is 0 Å². The maximum absolute atomic E-state index is 12.8. The number of hydrogen-bond donors (Lipinski definition) is 1. The molecule has 1 aromatic heterocycles. The minimum atomic E-state index is -3.37. The number of nitrogens with one attached hydrogen (secondary N) is 1. The fourth-order valence-corrected chi connectivity index (χ4v) is 5.60. The van der Waals surface area contributed by atoms with Gasteiger partial charge in [-0.1, -0.05) is 11.6 Å². The number of thiophene rings is 1. The second-order valence-corrected chi connectivity index (χ2v) is 7.72. The summed E-state index contributed by atoms with van der Waals surface area (Å²) in [5, 5.41) is 4.96. The zero-order chi connectivity index (χ0) is 14.0. The Kier molecular flexibility index (Phi) is 4.45. The normalized spacial score (nSPS) is 17.5. The van der Waals surface area contributed by atoms with Gasteiger partial charge in [0.15, 0.2) is 0 Å². The van der Waals surface area contributed by atoms with Crippen molar-refractivity contribution in [3.63, 3.8) is 0 Å². The van der Waals surface area contributed by atoms with Crippen LogP contribution in [0.1, 0.15) is 23.8 Å². The Hall–Kier alpha value is -0.690. The van der Waals surface area contributed by atoms with Gasteiger partial charge in [0, 0.05) is 24.5 Å². The highest BCUT2D eigenvalue weighted by atomic mass is 32.2. The summed E-state index contributed by atoms with van der Waals surface area (Å²) in [6, 6.07) is 0. The van der Waals surface area contributed by atoms with E-state index in [1.165, 1.54) is 11.3 Å². The van der Waals surface area contributed by atoms with Crippen LogP contribution in [0.3, 0.4) is 0 Å². The highest BCUT2D eigenvalue weighted by Gasteiger charge is 2.30. The first kappa shape index (κ1) is 14.7. The third-order valence-electron chi connectivity index (χ3n) is 3.22. The number of aryl methyl sites for hydroxylation is 1. The van der Waals surface area contributed by atoms with Crippen molar-refractivity contribution >= 4 is 21.4 Å². The smallest absolute Gasteiger partial charge is 0.244 e. The lowest BCUT2D eigenvalue weighted by molar-refractivity contribution is 0.427. The van der Waals surface area contributed by atoms with Crippen molar-refractivity contribution in [2.75, 3.05) is 20.1 Å². The molecule has 0 amide bonds. The molecule has 0 aromatic carbocycles. The molecule has 0 saturated heterocycles. The quantitative estimate of drug-likeness (QED) is 0.867. The van der Waals surface area contributed by atoms with Crippen LogP contribution in [0.4, 0.5) is 0 Å². The fraction of sp³-hybridized carbons (Fsp3) is 0.538. The first-order valence-electron chi connectivity index (χ1n) is 6.34. The van der Waals surface area contributed by atoms with E-state index in [4.69, 9.17) is 0 Å². The van der Waals surface area contributed by atoms with Crippen LogP contribution in [0, 0.1) is 6.92 Å². The lowest BCUT2D eigenvalue weighted by Gasteiger charge is -2.26. The van der Waals surface area contributed by atoms with Crippen molar-refractivity contribution < 1.29 is 8.42 Å². The second-order valence-electron chi connectivity index (χ2n) is 4.88. The van der Waals surface area contributed by atoms with E-state index in [0.717, 1.165) is 22.4 Å². The lowest BCUT2D eigenvalue weighted by Crippen LogP contribution is -2.36. The zero-order valence-corrected chi connectivity index (χ0v) is 13.2. The van der Waals surface area contributed by atoms with Crippen molar-refractivity contribution in [1.82, 2.24) is 9.62 Å². The standard InChI is InChI=1S/C13H20N2O2S2/c1-10-5-4-6-15(8-10)19(16,17)13-11(2)9-18-12(13)7-14-3/h5,9,14H,4,6-8H2,1-3H3. The molecule has 1 aromatic rings. The average Bonchev–Trinajstić information content (AvgIpc) is 2.71. The third-order valence-corrected chi connectivity index (χ3v) is 6.53. The molecule has 2 rings (SSSR count). The Morgan fingerprint density at radius 3 is 2.79 bits per heavy atom. The third kappa shape index (κ3) is 2.91. The van der Waals surface area contributed by atoms with Crippen molar-refractivity contribution in [2.45, 2.75) is 31.7 Å². The van der Waals surface area contributed by atoms with Gasteiger partial charge in [-0.05, 0) is 38.3 Å². The number of nitrogens with zero attached hydrogens (tertiary/aromatic N) is 1. The number of sulfonamides is 1. The molecule has 0 spiro atoms. The monoisotopic (exact) mass is 300 g/mol. The molecule has 6 heteroatoms. The topological polar surface area (TPSA) is 49.4 Å². The van der Waals surface area contributed by atoms with Gasteiger partial charge in [0.05, 0.1) is 0 Å². The largest absolute Gasteiger partial charge is 0.315 e. The lowest BCUT2D eigenvalue weighted by atomic mass is 10.2. The summed E-state index contributed by atoms with van der Waals surface area (Å²) in [4.78, 5) is 1.40. The Bertz CT molecular complexity index is 588. The molecule has 19 heavy (non-hydrogen) atoms. The molecule has 0 bridgehead atoms. The number of hydrogen-bond acceptors (Lipinski definition) is 4. The zero-order valence-electron chi connectivity index (χ0n) is 11.6. The summed E-state index contributed by atoms with van der Waals surface area (Å²) in [5.74, 6) is 0. The first-order chi connectivity index (χ1) is 8.96. The van der Waals surface area contributed by atoms with Gasteiger partial charge in [-0.15, -0.1) is 11.3 Å². The van der Waals surface area contributed by atoms with Crippen molar-refractivity contribution in [3.05, 3.63) is 27.5 Å². The Morgan fingerprint density at radius 1 is 1.42 bits per heavy atom. The van der Waals surface area contributed by atoms with Gasteiger partial charge in [-0.3, -0.25) is 0 Å². The van der Waals surface area contributed by atoms with Gasteiger partial charge in [0.2, 0.25) is 10.0 Å². The van der Waals surface area contributed by atoms with Crippen LogP contribution in [0.2, 0.25) is 0 Å². The molecule has 1 aliphatic rings. The first-order valence-corrected chi connectivity index (χ1v) is 8.66. The average molecular weight is 300 g/mol. The predicted molar refractivity (Wildman–Crippen MR) is 79.0 cm³/mol. The molecule has 0 radical (unpaired) electrons. The summed E-state index contributed by atoms with van der Waals surface area (Å²) in [5.41, 5.74) is 1.97. The van der Waals surface area contributed by atoms with E-state index >= 15 is 0 Å². The summed E-state index contributed by atoms with van der Waals surface area (Å²) >= 11 is 1.51. The minimum Gasteiger partial charge on any atom is -0.315 e. The molecule has 0 atom stereocenters. The van der Waals surface area contributed by atoms with Gasteiger partial charge in [0.1, 0.15) is 4.90 Å². The summed E-state index contributed by atoms with van der Waals surface area (Å²) in [7, 11) is -1.54. The van der Waals surface area contributed by atoms with Gasteiger partial charge in [-0.2, -0.15) is 4.31 Å². The van der Waals surface area contributed by atoms with Gasteiger partial charge in [-0.25, -0.2) is 8.42 Å². The van der Waals surface area contributed by atoms with E-state index in [2.05, 4.69) is 11.4 Å².